The minimum absolute atomic E-state index is 0.0653. The Labute approximate surface area is 109 Å². The first-order chi connectivity index (χ1) is 8.47. The molecule has 0 aromatic rings. The third-order valence-corrected chi connectivity index (χ3v) is 2.88. The first kappa shape index (κ1) is 16.7. The lowest BCUT2D eigenvalue weighted by atomic mass is 10.2. The fourth-order valence-corrected chi connectivity index (χ4v) is 1.57. The molecule has 106 valence electrons. The van der Waals surface area contributed by atoms with Crippen LogP contribution in [0.15, 0.2) is 0 Å². The summed E-state index contributed by atoms with van der Waals surface area (Å²) in [5.74, 6) is -0.999. The lowest BCUT2D eigenvalue weighted by Crippen LogP contribution is -2.49. The SMILES string of the molecule is CCC(C)N(CCOC)C(=O)N(CC)CC(=O)O. The molecule has 1 atom stereocenters. The molecule has 0 saturated heterocycles. The Morgan fingerprint density at radius 3 is 2.33 bits per heavy atom. The second-order valence-electron chi connectivity index (χ2n) is 4.13. The quantitative estimate of drug-likeness (QED) is 0.713. The number of rotatable bonds is 8. The first-order valence-electron chi connectivity index (χ1n) is 6.24. The Bertz CT molecular complexity index is 271. The molecule has 1 unspecified atom stereocenters. The number of amides is 2. The number of carbonyl (C=O) groups excluding carboxylic acids is 1. The number of carbonyl (C=O) groups is 2. The molecule has 2 amide bonds. The molecule has 0 aliphatic carbocycles. The molecule has 6 nitrogen and oxygen atoms in total. The monoisotopic (exact) mass is 260 g/mol. The third kappa shape index (κ3) is 5.35. The molecule has 6 heteroatoms. The summed E-state index contributed by atoms with van der Waals surface area (Å²) < 4.78 is 4.98. The highest BCUT2D eigenvalue weighted by molar-refractivity contribution is 5.80. The zero-order valence-corrected chi connectivity index (χ0v) is 11.7. The zero-order chi connectivity index (χ0) is 14.1. The van der Waals surface area contributed by atoms with Crippen LogP contribution in [-0.4, -0.2) is 66.3 Å². The summed E-state index contributed by atoms with van der Waals surface area (Å²) in [7, 11) is 1.58. The molecule has 1 N–H and O–H groups in total. The largest absolute Gasteiger partial charge is 0.480 e. The van der Waals surface area contributed by atoms with Crippen molar-refractivity contribution in [3.63, 3.8) is 0 Å². The van der Waals surface area contributed by atoms with Crippen LogP contribution in [0.25, 0.3) is 0 Å². The number of hydrogen-bond acceptors (Lipinski definition) is 3. The Hall–Kier alpha value is -1.30. The normalized spacial score (nSPS) is 12.0. The van der Waals surface area contributed by atoms with Gasteiger partial charge in [-0.15, -0.1) is 0 Å². The van der Waals surface area contributed by atoms with Gasteiger partial charge in [0.15, 0.2) is 0 Å². The lowest BCUT2D eigenvalue weighted by molar-refractivity contribution is -0.137. The van der Waals surface area contributed by atoms with Gasteiger partial charge in [-0.3, -0.25) is 4.79 Å². The van der Waals surface area contributed by atoms with Crippen molar-refractivity contribution in [2.75, 3.05) is 33.4 Å². The Kier molecular flexibility index (Phi) is 8.11. The number of aliphatic carboxylic acids is 1. The highest BCUT2D eigenvalue weighted by Gasteiger charge is 2.24. The van der Waals surface area contributed by atoms with Gasteiger partial charge in [-0.05, 0) is 20.3 Å². The van der Waals surface area contributed by atoms with E-state index in [-0.39, 0.29) is 18.6 Å². The number of nitrogens with zero attached hydrogens (tertiary/aromatic N) is 2. The van der Waals surface area contributed by atoms with Gasteiger partial charge in [-0.1, -0.05) is 6.92 Å². The van der Waals surface area contributed by atoms with Gasteiger partial charge in [0, 0.05) is 26.2 Å². The van der Waals surface area contributed by atoms with Crippen molar-refractivity contribution < 1.29 is 19.4 Å². The number of likely N-dealkylation sites (N-methyl/N-ethyl adjacent to an activating group) is 1. The molecule has 0 aliphatic heterocycles. The van der Waals surface area contributed by atoms with E-state index in [9.17, 15) is 9.59 Å². The molecule has 0 radical (unpaired) electrons. The van der Waals surface area contributed by atoms with Crippen LogP contribution in [0.3, 0.4) is 0 Å². The fourth-order valence-electron chi connectivity index (χ4n) is 1.57. The van der Waals surface area contributed by atoms with Crippen LogP contribution in [-0.2, 0) is 9.53 Å². The van der Waals surface area contributed by atoms with Crippen LogP contribution in [0.1, 0.15) is 27.2 Å². The van der Waals surface area contributed by atoms with Crippen molar-refractivity contribution in [3.05, 3.63) is 0 Å². The van der Waals surface area contributed by atoms with E-state index < -0.39 is 5.97 Å². The summed E-state index contributed by atoms with van der Waals surface area (Å²) in [5.41, 5.74) is 0. The van der Waals surface area contributed by atoms with Crippen molar-refractivity contribution in [3.8, 4) is 0 Å². The molecule has 0 aliphatic rings. The number of carboxylic acid groups (broad SMARTS) is 1. The van der Waals surface area contributed by atoms with Crippen LogP contribution < -0.4 is 0 Å². The van der Waals surface area contributed by atoms with Gasteiger partial charge in [0.2, 0.25) is 0 Å². The van der Waals surface area contributed by atoms with Crippen LogP contribution in [0.4, 0.5) is 4.79 Å². The second kappa shape index (κ2) is 8.74. The number of ether oxygens (including phenoxy) is 1. The average Bonchev–Trinajstić information content (AvgIpc) is 2.35. The Morgan fingerprint density at radius 2 is 1.94 bits per heavy atom. The topological polar surface area (TPSA) is 70.1 Å². The predicted molar refractivity (Wildman–Crippen MR) is 68.6 cm³/mol. The minimum Gasteiger partial charge on any atom is -0.480 e. The molecule has 0 bridgehead atoms. The molecule has 0 spiro atoms. The van der Waals surface area contributed by atoms with Gasteiger partial charge in [-0.25, -0.2) is 4.79 Å². The van der Waals surface area contributed by atoms with Crippen LogP contribution in [0.2, 0.25) is 0 Å². The maximum atomic E-state index is 12.2. The van der Waals surface area contributed by atoms with Crippen LogP contribution in [0, 0.1) is 0 Å². The summed E-state index contributed by atoms with van der Waals surface area (Å²) in [6, 6.07) is -0.179. The zero-order valence-electron chi connectivity index (χ0n) is 11.7. The van der Waals surface area contributed by atoms with Gasteiger partial charge in [0.25, 0.3) is 0 Å². The number of carboxylic acids is 1. The van der Waals surface area contributed by atoms with Gasteiger partial charge < -0.3 is 19.6 Å². The van der Waals surface area contributed by atoms with E-state index in [4.69, 9.17) is 9.84 Å². The molecular formula is C12H24N2O4. The number of methoxy groups -OCH3 is 1. The first-order valence-corrected chi connectivity index (χ1v) is 6.24. The van der Waals surface area contributed by atoms with Crippen molar-refractivity contribution >= 4 is 12.0 Å². The predicted octanol–water partition coefficient (Wildman–Crippen LogP) is 1.26. The van der Waals surface area contributed by atoms with E-state index in [1.165, 1.54) is 4.90 Å². The summed E-state index contributed by atoms with van der Waals surface area (Å²) in [5, 5.41) is 8.78. The van der Waals surface area contributed by atoms with E-state index in [2.05, 4.69) is 0 Å². The van der Waals surface area contributed by atoms with E-state index in [1.54, 1.807) is 18.9 Å². The molecule has 0 saturated carbocycles. The summed E-state index contributed by atoms with van der Waals surface area (Å²) in [4.78, 5) is 25.9. The standard InChI is InChI=1S/C12H24N2O4/c1-5-10(3)14(7-8-18-4)12(17)13(6-2)9-11(15)16/h10H,5-9H2,1-4H3,(H,15,16). The summed E-state index contributed by atoms with van der Waals surface area (Å²) >= 11 is 0. The van der Waals surface area contributed by atoms with Crippen molar-refractivity contribution in [2.24, 2.45) is 0 Å². The minimum atomic E-state index is -0.999. The molecule has 0 aromatic carbocycles. The Morgan fingerprint density at radius 1 is 1.33 bits per heavy atom. The highest BCUT2D eigenvalue weighted by atomic mass is 16.5. The van der Waals surface area contributed by atoms with E-state index >= 15 is 0 Å². The number of urea groups is 1. The molecule has 0 heterocycles. The summed E-state index contributed by atoms with van der Waals surface area (Å²) in [6.45, 7) is 6.74. The van der Waals surface area contributed by atoms with Crippen molar-refractivity contribution in [2.45, 2.75) is 33.2 Å². The van der Waals surface area contributed by atoms with E-state index in [1.807, 2.05) is 13.8 Å². The molecule has 0 rings (SSSR count). The molecule has 0 fully saturated rings. The molecule has 0 aromatic heterocycles. The average molecular weight is 260 g/mol. The van der Waals surface area contributed by atoms with Crippen LogP contribution >= 0.6 is 0 Å². The van der Waals surface area contributed by atoms with Crippen molar-refractivity contribution in [1.82, 2.24) is 9.80 Å². The maximum absolute atomic E-state index is 12.2. The lowest BCUT2D eigenvalue weighted by Gasteiger charge is -2.33. The number of hydrogen-bond donors (Lipinski definition) is 1. The summed E-state index contributed by atoms with van der Waals surface area (Å²) in [6.07, 6.45) is 0.820. The fraction of sp³-hybridized carbons (Fsp3) is 0.833. The Balaban J connectivity index is 4.73. The van der Waals surface area contributed by atoms with E-state index in [0.29, 0.717) is 19.7 Å². The molecule has 18 heavy (non-hydrogen) atoms. The van der Waals surface area contributed by atoms with Gasteiger partial charge >= 0.3 is 12.0 Å². The third-order valence-electron chi connectivity index (χ3n) is 2.88. The maximum Gasteiger partial charge on any atom is 0.323 e. The second-order valence-corrected chi connectivity index (χ2v) is 4.13. The van der Waals surface area contributed by atoms with E-state index in [0.717, 1.165) is 6.42 Å². The van der Waals surface area contributed by atoms with Crippen LogP contribution in [0.5, 0.6) is 0 Å². The highest BCUT2D eigenvalue weighted by Crippen LogP contribution is 2.08. The van der Waals surface area contributed by atoms with Gasteiger partial charge in [0.1, 0.15) is 6.54 Å². The van der Waals surface area contributed by atoms with Crippen molar-refractivity contribution in [1.29, 1.82) is 0 Å². The molecular weight excluding hydrogens is 236 g/mol. The smallest absolute Gasteiger partial charge is 0.323 e. The van der Waals surface area contributed by atoms with Gasteiger partial charge in [-0.2, -0.15) is 0 Å². The van der Waals surface area contributed by atoms with Gasteiger partial charge in [0.05, 0.1) is 6.61 Å².